The molecule has 2 rings (SSSR count). The fraction of sp³-hybridized carbons (Fsp3) is 0.143. The summed E-state index contributed by atoms with van der Waals surface area (Å²) in [6.45, 7) is 0. The van der Waals surface area contributed by atoms with Gasteiger partial charge in [0.05, 0.1) is 20.4 Å². The Morgan fingerprint density at radius 2 is 1.58 bits per heavy atom. The molecule has 0 radical (unpaired) electrons. The van der Waals surface area contributed by atoms with Crippen molar-refractivity contribution in [2.24, 2.45) is 0 Å². The van der Waals surface area contributed by atoms with Crippen LogP contribution in [0, 0.1) is 11.3 Å². The third-order valence-electron chi connectivity index (χ3n) is 2.41. The van der Waals surface area contributed by atoms with Gasteiger partial charge in [0.15, 0.2) is 0 Å². The van der Waals surface area contributed by atoms with Crippen LogP contribution >= 0.6 is 0 Å². The molecule has 0 aliphatic carbocycles. The monoisotopic (exact) mass is 256 g/mol. The van der Waals surface area contributed by atoms with E-state index < -0.39 is 0 Å². The molecule has 0 unspecified atom stereocenters. The second-order valence-corrected chi connectivity index (χ2v) is 3.64. The minimum Gasteiger partial charge on any atom is -0.496 e. The van der Waals surface area contributed by atoms with Crippen LogP contribution < -0.4 is 14.2 Å². The van der Waals surface area contributed by atoms with Crippen LogP contribution in [-0.4, -0.2) is 19.2 Å². The zero-order chi connectivity index (χ0) is 13.7. The molecule has 0 aliphatic rings. The summed E-state index contributed by atoms with van der Waals surface area (Å²) in [7, 11) is 3.14. The second-order valence-electron chi connectivity index (χ2n) is 3.64. The Kier molecular flexibility index (Phi) is 3.84. The first kappa shape index (κ1) is 12.7. The third kappa shape index (κ3) is 3.13. The van der Waals surface area contributed by atoms with E-state index in [0.29, 0.717) is 28.7 Å². The number of benzene rings is 1. The average molecular weight is 256 g/mol. The molecule has 0 bridgehead atoms. The number of aromatic nitrogens is 1. The van der Waals surface area contributed by atoms with Gasteiger partial charge in [-0.15, -0.1) is 0 Å². The van der Waals surface area contributed by atoms with E-state index in [1.807, 2.05) is 6.07 Å². The molecule has 5 heteroatoms. The summed E-state index contributed by atoms with van der Waals surface area (Å²) in [6.07, 6.45) is 1.49. The van der Waals surface area contributed by atoms with Gasteiger partial charge in [-0.25, -0.2) is 4.98 Å². The van der Waals surface area contributed by atoms with Crippen LogP contribution in [0.15, 0.2) is 36.5 Å². The molecule has 19 heavy (non-hydrogen) atoms. The maximum Gasteiger partial charge on any atom is 0.145 e. The van der Waals surface area contributed by atoms with Gasteiger partial charge in [0, 0.05) is 18.2 Å². The summed E-state index contributed by atoms with van der Waals surface area (Å²) in [5.74, 6) is 2.38. The summed E-state index contributed by atoms with van der Waals surface area (Å²) in [5.41, 5.74) is 0.343. The molecule has 96 valence electrons. The van der Waals surface area contributed by atoms with Crippen LogP contribution in [-0.2, 0) is 0 Å². The molecule has 0 saturated heterocycles. The van der Waals surface area contributed by atoms with E-state index in [0.717, 1.165) is 0 Å². The van der Waals surface area contributed by atoms with Crippen molar-refractivity contribution in [1.29, 1.82) is 5.26 Å². The van der Waals surface area contributed by atoms with E-state index in [1.165, 1.54) is 6.20 Å². The third-order valence-corrected chi connectivity index (χ3v) is 2.41. The molecule has 0 saturated carbocycles. The van der Waals surface area contributed by atoms with Crippen molar-refractivity contribution in [2.45, 2.75) is 0 Å². The van der Waals surface area contributed by atoms with Gasteiger partial charge in [0.1, 0.15) is 34.8 Å². The number of pyridine rings is 1. The van der Waals surface area contributed by atoms with Crippen molar-refractivity contribution < 1.29 is 14.2 Å². The fourth-order valence-corrected chi connectivity index (χ4v) is 1.48. The van der Waals surface area contributed by atoms with Gasteiger partial charge in [-0.3, -0.25) is 0 Å². The molecule has 0 atom stereocenters. The Morgan fingerprint density at radius 1 is 0.947 bits per heavy atom. The normalized spacial score (nSPS) is 9.53. The molecule has 0 N–H and O–H groups in total. The van der Waals surface area contributed by atoms with Crippen LogP contribution in [0.1, 0.15) is 5.69 Å². The zero-order valence-corrected chi connectivity index (χ0v) is 10.6. The lowest BCUT2D eigenvalue weighted by Gasteiger charge is -2.09. The van der Waals surface area contributed by atoms with Crippen molar-refractivity contribution in [3.8, 4) is 29.1 Å². The predicted molar refractivity (Wildman–Crippen MR) is 68.6 cm³/mol. The molecule has 2 aromatic rings. The highest BCUT2D eigenvalue weighted by atomic mass is 16.5. The van der Waals surface area contributed by atoms with Gasteiger partial charge in [-0.05, 0) is 12.1 Å². The SMILES string of the molecule is COc1cc(OC)cc(Oc2ccc(C#N)nc2)c1. The Hall–Kier alpha value is -2.74. The molecule has 0 amide bonds. The minimum absolute atomic E-state index is 0.343. The van der Waals surface area contributed by atoms with Gasteiger partial charge in [-0.1, -0.05) is 0 Å². The van der Waals surface area contributed by atoms with E-state index in [2.05, 4.69) is 4.98 Å². The summed E-state index contributed by atoms with van der Waals surface area (Å²) < 4.78 is 15.9. The lowest BCUT2D eigenvalue weighted by atomic mass is 10.3. The van der Waals surface area contributed by atoms with Crippen molar-refractivity contribution in [1.82, 2.24) is 4.98 Å². The molecule has 0 spiro atoms. The molecule has 1 heterocycles. The van der Waals surface area contributed by atoms with Crippen molar-refractivity contribution >= 4 is 0 Å². The smallest absolute Gasteiger partial charge is 0.145 e. The van der Waals surface area contributed by atoms with Crippen LogP contribution in [0.3, 0.4) is 0 Å². The number of nitrogens with zero attached hydrogens (tertiary/aromatic N) is 2. The highest BCUT2D eigenvalue weighted by Gasteiger charge is 2.04. The quantitative estimate of drug-likeness (QED) is 0.841. The Balaban J connectivity index is 2.24. The van der Waals surface area contributed by atoms with Crippen molar-refractivity contribution in [3.63, 3.8) is 0 Å². The van der Waals surface area contributed by atoms with E-state index in [1.54, 1.807) is 44.6 Å². The highest BCUT2D eigenvalue weighted by Crippen LogP contribution is 2.30. The molecule has 0 aliphatic heterocycles. The number of hydrogen-bond donors (Lipinski definition) is 0. The highest BCUT2D eigenvalue weighted by molar-refractivity contribution is 5.43. The van der Waals surface area contributed by atoms with Crippen LogP contribution in [0.2, 0.25) is 0 Å². The average Bonchev–Trinajstić information content (AvgIpc) is 2.47. The first-order valence-electron chi connectivity index (χ1n) is 5.52. The minimum atomic E-state index is 0.343. The molecule has 0 fully saturated rings. The molecule has 5 nitrogen and oxygen atoms in total. The van der Waals surface area contributed by atoms with Gasteiger partial charge >= 0.3 is 0 Å². The number of ether oxygens (including phenoxy) is 3. The van der Waals surface area contributed by atoms with E-state index in [9.17, 15) is 0 Å². The fourth-order valence-electron chi connectivity index (χ4n) is 1.48. The Bertz CT molecular complexity index is 581. The first-order valence-corrected chi connectivity index (χ1v) is 5.52. The maximum atomic E-state index is 8.67. The molecular weight excluding hydrogens is 244 g/mol. The van der Waals surface area contributed by atoms with Gasteiger partial charge in [0.2, 0.25) is 0 Å². The van der Waals surface area contributed by atoms with Crippen molar-refractivity contribution in [2.75, 3.05) is 14.2 Å². The summed E-state index contributed by atoms with van der Waals surface area (Å²) in [6, 6.07) is 10.4. The largest absolute Gasteiger partial charge is 0.496 e. The first-order chi connectivity index (χ1) is 9.25. The number of nitriles is 1. The topological polar surface area (TPSA) is 64.4 Å². The Labute approximate surface area is 111 Å². The number of methoxy groups -OCH3 is 2. The number of hydrogen-bond acceptors (Lipinski definition) is 5. The van der Waals surface area contributed by atoms with Crippen LogP contribution in [0.5, 0.6) is 23.0 Å². The number of rotatable bonds is 4. The van der Waals surface area contributed by atoms with Gasteiger partial charge in [-0.2, -0.15) is 5.26 Å². The lowest BCUT2D eigenvalue weighted by Crippen LogP contribution is -1.91. The maximum absolute atomic E-state index is 8.67. The second kappa shape index (κ2) is 5.74. The summed E-state index contributed by atoms with van der Waals surface area (Å²) in [5, 5.41) is 8.67. The standard InChI is InChI=1S/C14H12N2O3/c1-17-12-5-13(18-2)7-14(6-12)19-11-4-3-10(8-15)16-9-11/h3-7,9H,1-2H3. The van der Waals surface area contributed by atoms with Crippen molar-refractivity contribution in [3.05, 3.63) is 42.2 Å². The zero-order valence-electron chi connectivity index (χ0n) is 10.6. The molecular formula is C14H12N2O3. The van der Waals surface area contributed by atoms with Gasteiger partial charge < -0.3 is 14.2 Å². The predicted octanol–water partition coefficient (Wildman–Crippen LogP) is 2.76. The Morgan fingerprint density at radius 3 is 2.05 bits per heavy atom. The van der Waals surface area contributed by atoms with E-state index >= 15 is 0 Å². The summed E-state index contributed by atoms with van der Waals surface area (Å²) in [4.78, 5) is 3.93. The molecule has 1 aromatic carbocycles. The lowest BCUT2D eigenvalue weighted by molar-refractivity contribution is 0.386. The van der Waals surface area contributed by atoms with E-state index in [-0.39, 0.29) is 0 Å². The molecule has 1 aromatic heterocycles. The van der Waals surface area contributed by atoms with Crippen LogP contribution in [0.25, 0.3) is 0 Å². The summed E-state index contributed by atoms with van der Waals surface area (Å²) >= 11 is 0. The van der Waals surface area contributed by atoms with Gasteiger partial charge in [0.25, 0.3) is 0 Å². The van der Waals surface area contributed by atoms with Crippen LogP contribution in [0.4, 0.5) is 0 Å². The van der Waals surface area contributed by atoms with E-state index in [4.69, 9.17) is 19.5 Å².